The highest BCUT2D eigenvalue weighted by Gasteiger charge is 2.56. The number of anilines is 3. The van der Waals surface area contributed by atoms with Gasteiger partial charge in [-0.25, -0.2) is 0 Å². The average Bonchev–Trinajstić information content (AvgIpc) is 3.64. The Morgan fingerprint density at radius 1 is 0.381 bits per heavy atom. The Morgan fingerprint density at radius 3 is 1.57 bits per heavy atom. The first-order valence-corrected chi connectivity index (χ1v) is 22.0. The van der Waals surface area contributed by atoms with Crippen molar-refractivity contribution in [2.24, 2.45) is 5.92 Å². The average molecular weight is 804 g/mol. The maximum Gasteiger partial charge on any atom is 0.125 e. The SMILES string of the molecule is C1=CC2Oc3ccccc3C3(c4ccc(N(c5ccc(-c6cccc7ccccc67)cc5)c5ccc(-c6cccc7ccccc67)cc5)cc4-c4c3ccc3ccccc43)C2C=C1. The Bertz CT molecular complexity index is 3370. The van der Waals surface area contributed by atoms with E-state index in [9.17, 15) is 0 Å². The monoisotopic (exact) mass is 803 g/mol. The van der Waals surface area contributed by atoms with Crippen LogP contribution in [0.2, 0.25) is 0 Å². The van der Waals surface area contributed by atoms with Crippen molar-refractivity contribution in [3.05, 3.63) is 253 Å². The summed E-state index contributed by atoms with van der Waals surface area (Å²) in [5.41, 5.74) is 14.2. The van der Waals surface area contributed by atoms with Crippen molar-refractivity contribution >= 4 is 49.4 Å². The van der Waals surface area contributed by atoms with Gasteiger partial charge in [0, 0.05) is 28.5 Å². The van der Waals surface area contributed by atoms with Gasteiger partial charge in [0.2, 0.25) is 0 Å². The molecule has 0 N–H and O–H groups in total. The second-order valence-electron chi connectivity index (χ2n) is 17.1. The highest BCUT2D eigenvalue weighted by atomic mass is 16.5. The van der Waals surface area contributed by atoms with E-state index in [2.05, 4.69) is 242 Å². The van der Waals surface area contributed by atoms with E-state index in [1.54, 1.807) is 0 Å². The fourth-order valence-electron chi connectivity index (χ4n) is 11.2. The van der Waals surface area contributed by atoms with E-state index in [1.807, 2.05) is 0 Å². The van der Waals surface area contributed by atoms with E-state index < -0.39 is 5.41 Å². The Labute approximate surface area is 367 Å². The first-order valence-electron chi connectivity index (χ1n) is 22.0. The van der Waals surface area contributed by atoms with Gasteiger partial charge in [-0.05, 0) is 125 Å². The van der Waals surface area contributed by atoms with E-state index in [1.165, 1.54) is 82.4 Å². The van der Waals surface area contributed by atoms with Gasteiger partial charge in [0.15, 0.2) is 0 Å². The fourth-order valence-corrected chi connectivity index (χ4v) is 11.2. The quantitative estimate of drug-likeness (QED) is 0.172. The second-order valence-corrected chi connectivity index (χ2v) is 17.1. The molecule has 2 heteroatoms. The van der Waals surface area contributed by atoms with Crippen molar-refractivity contribution in [1.82, 2.24) is 0 Å². The van der Waals surface area contributed by atoms with Crippen molar-refractivity contribution in [2.75, 3.05) is 4.90 Å². The molecule has 1 heterocycles. The molecular weight excluding hydrogens is 763 g/mol. The van der Waals surface area contributed by atoms with Gasteiger partial charge < -0.3 is 9.64 Å². The smallest absolute Gasteiger partial charge is 0.125 e. The predicted molar refractivity (Wildman–Crippen MR) is 262 cm³/mol. The Kier molecular flexibility index (Phi) is 7.98. The standard InChI is InChI=1S/C61H41NO/c1-4-18-48-40(13-1)16-11-21-50(48)43-27-32-45(33-28-43)62(46-34-29-44(30-35-46)51-22-12-17-41-14-2-5-19-49(41)51)47-36-38-54-53(39-47)60-52-20-6-3-15-42(52)31-37-57(60)61(54)55-23-7-9-25-58(55)63-59-26-10-8-24-56(59)61/h1-39,55,58H. The Hall–Kier alpha value is -7.94. The van der Waals surface area contributed by atoms with Crippen LogP contribution in [0, 0.1) is 5.92 Å². The molecule has 0 fully saturated rings. The molecule has 0 saturated heterocycles. The molecule has 2 nitrogen and oxygen atoms in total. The van der Waals surface area contributed by atoms with Gasteiger partial charge in [-0.1, -0.05) is 188 Å². The molecule has 3 unspecified atom stereocenters. The molecule has 3 atom stereocenters. The normalized spacial score (nSPS) is 17.9. The summed E-state index contributed by atoms with van der Waals surface area (Å²) >= 11 is 0. The molecule has 0 aromatic heterocycles. The minimum atomic E-state index is -0.445. The molecule has 13 rings (SSSR count). The summed E-state index contributed by atoms with van der Waals surface area (Å²) in [6.45, 7) is 0. The van der Waals surface area contributed by atoms with Crippen molar-refractivity contribution < 1.29 is 4.74 Å². The summed E-state index contributed by atoms with van der Waals surface area (Å²) in [4.78, 5) is 2.43. The Morgan fingerprint density at radius 2 is 0.905 bits per heavy atom. The molecule has 3 aliphatic rings. The molecule has 10 aromatic rings. The van der Waals surface area contributed by atoms with Crippen LogP contribution >= 0.6 is 0 Å². The van der Waals surface area contributed by atoms with E-state index in [0.717, 1.165) is 22.8 Å². The third-order valence-corrected chi connectivity index (χ3v) is 13.9. The zero-order valence-corrected chi connectivity index (χ0v) is 34.5. The van der Waals surface area contributed by atoms with Gasteiger partial charge in [0.05, 0.1) is 5.41 Å². The van der Waals surface area contributed by atoms with Crippen molar-refractivity contribution in [2.45, 2.75) is 11.5 Å². The van der Waals surface area contributed by atoms with Crippen LogP contribution < -0.4 is 9.64 Å². The van der Waals surface area contributed by atoms with Gasteiger partial charge in [-0.2, -0.15) is 0 Å². The molecule has 0 amide bonds. The van der Waals surface area contributed by atoms with Crippen molar-refractivity contribution in [1.29, 1.82) is 0 Å². The number of nitrogens with zero attached hydrogens (tertiary/aromatic N) is 1. The first kappa shape index (κ1) is 35.8. The molecule has 1 aliphatic heterocycles. The number of fused-ring (bicyclic) bond motifs is 13. The van der Waals surface area contributed by atoms with Crippen LogP contribution in [-0.4, -0.2) is 6.10 Å². The van der Waals surface area contributed by atoms with E-state index in [0.29, 0.717) is 0 Å². The molecule has 0 saturated carbocycles. The fraction of sp³-hybridized carbons (Fsp3) is 0.0492. The maximum absolute atomic E-state index is 6.80. The zero-order chi connectivity index (χ0) is 41.5. The largest absolute Gasteiger partial charge is 0.485 e. The van der Waals surface area contributed by atoms with Gasteiger partial charge in [-0.15, -0.1) is 0 Å². The summed E-state index contributed by atoms with van der Waals surface area (Å²) in [5, 5.41) is 7.51. The summed E-state index contributed by atoms with van der Waals surface area (Å²) in [5.74, 6) is 1.03. The lowest BCUT2D eigenvalue weighted by molar-refractivity contribution is 0.141. The van der Waals surface area contributed by atoms with Crippen molar-refractivity contribution in [3.8, 4) is 39.1 Å². The van der Waals surface area contributed by atoms with Crippen LogP contribution in [0.4, 0.5) is 17.1 Å². The lowest BCUT2D eigenvalue weighted by atomic mass is 9.60. The van der Waals surface area contributed by atoms with Crippen LogP contribution in [0.25, 0.3) is 65.7 Å². The molecule has 10 aromatic carbocycles. The topological polar surface area (TPSA) is 12.5 Å². The highest BCUT2D eigenvalue weighted by molar-refractivity contribution is 6.05. The minimum Gasteiger partial charge on any atom is -0.485 e. The highest BCUT2D eigenvalue weighted by Crippen LogP contribution is 2.63. The second kappa shape index (κ2) is 14.1. The molecule has 63 heavy (non-hydrogen) atoms. The molecule has 296 valence electrons. The summed E-state index contributed by atoms with van der Waals surface area (Å²) in [6, 6.07) is 78.3. The molecule has 0 bridgehead atoms. The lowest BCUT2D eigenvalue weighted by Crippen LogP contribution is -2.47. The van der Waals surface area contributed by atoms with Gasteiger partial charge in [-0.3, -0.25) is 0 Å². The van der Waals surface area contributed by atoms with Crippen LogP contribution in [0.15, 0.2) is 237 Å². The number of hydrogen-bond acceptors (Lipinski definition) is 2. The van der Waals surface area contributed by atoms with Gasteiger partial charge in [0.25, 0.3) is 0 Å². The number of para-hydroxylation sites is 1. The summed E-state index contributed by atoms with van der Waals surface area (Å²) in [7, 11) is 0. The first-order chi connectivity index (χ1) is 31.2. The van der Waals surface area contributed by atoms with Crippen LogP contribution in [0.1, 0.15) is 16.7 Å². The summed E-state index contributed by atoms with van der Waals surface area (Å²) in [6.07, 6.45) is 8.87. The van der Waals surface area contributed by atoms with Crippen LogP contribution in [-0.2, 0) is 5.41 Å². The minimum absolute atomic E-state index is 0.0729. The third-order valence-electron chi connectivity index (χ3n) is 13.9. The van der Waals surface area contributed by atoms with Gasteiger partial charge >= 0.3 is 0 Å². The van der Waals surface area contributed by atoms with Crippen LogP contribution in [0.5, 0.6) is 5.75 Å². The number of benzene rings is 10. The predicted octanol–water partition coefficient (Wildman–Crippen LogP) is 15.8. The number of hydrogen-bond donors (Lipinski definition) is 0. The number of ether oxygens (including phenoxy) is 1. The van der Waals surface area contributed by atoms with Gasteiger partial charge in [0.1, 0.15) is 11.9 Å². The number of rotatable bonds is 5. The van der Waals surface area contributed by atoms with E-state index >= 15 is 0 Å². The third kappa shape index (κ3) is 5.38. The Balaban J connectivity index is 1.02. The number of allylic oxidation sites excluding steroid dienone is 2. The van der Waals surface area contributed by atoms with E-state index in [-0.39, 0.29) is 12.0 Å². The molecule has 2 aliphatic carbocycles. The lowest BCUT2D eigenvalue weighted by Gasteiger charge is -2.47. The molecule has 1 spiro atoms. The zero-order valence-electron chi connectivity index (χ0n) is 34.5. The van der Waals surface area contributed by atoms with E-state index in [4.69, 9.17) is 4.74 Å². The summed E-state index contributed by atoms with van der Waals surface area (Å²) < 4.78 is 6.80. The van der Waals surface area contributed by atoms with Crippen LogP contribution in [0.3, 0.4) is 0 Å². The van der Waals surface area contributed by atoms with Crippen molar-refractivity contribution in [3.63, 3.8) is 0 Å². The maximum atomic E-state index is 6.80. The molecule has 0 radical (unpaired) electrons. The molecular formula is C61H41NO.